The zero-order chi connectivity index (χ0) is 16.3. The van der Waals surface area contributed by atoms with Gasteiger partial charge in [-0.3, -0.25) is 14.9 Å². The van der Waals surface area contributed by atoms with Gasteiger partial charge in [0.1, 0.15) is 5.56 Å². The van der Waals surface area contributed by atoms with Gasteiger partial charge in [0.15, 0.2) is 0 Å². The molecule has 22 heavy (non-hydrogen) atoms. The first-order valence-electron chi connectivity index (χ1n) is 6.33. The monoisotopic (exact) mass is 382 g/mol. The summed E-state index contributed by atoms with van der Waals surface area (Å²) in [6, 6.07) is 11.4. The lowest BCUT2D eigenvalue weighted by Gasteiger charge is -2.18. The molecule has 0 aliphatic carbocycles. The molecule has 0 saturated heterocycles. The van der Waals surface area contributed by atoms with Crippen molar-refractivity contribution in [1.29, 1.82) is 0 Å². The van der Waals surface area contributed by atoms with Crippen molar-refractivity contribution in [2.24, 2.45) is 0 Å². The molecule has 0 bridgehead atoms. The average Bonchev–Trinajstić information content (AvgIpc) is 2.48. The smallest absolute Gasteiger partial charge is 0.282 e. The lowest BCUT2D eigenvalue weighted by Crippen LogP contribution is -2.27. The number of benzene rings is 2. The van der Waals surface area contributed by atoms with Crippen LogP contribution in [0.15, 0.2) is 46.9 Å². The van der Waals surface area contributed by atoms with Crippen molar-refractivity contribution in [3.8, 4) is 0 Å². The van der Waals surface area contributed by atoms with Crippen LogP contribution >= 0.6 is 27.5 Å². The summed E-state index contributed by atoms with van der Waals surface area (Å²) < 4.78 is 0.871. The van der Waals surface area contributed by atoms with Crippen LogP contribution in [0.4, 0.5) is 5.69 Å². The molecule has 1 amide bonds. The SMILES string of the molecule is CN(Cc1ccccc1Br)C(=O)c1cc(Cl)ccc1[N+](=O)[O-]. The number of carbonyl (C=O) groups is 1. The molecule has 2 aromatic rings. The highest BCUT2D eigenvalue weighted by Crippen LogP contribution is 2.25. The number of hydrogen-bond acceptors (Lipinski definition) is 3. The Balaban J connectivity index is 2.30. The third-order valence-electron chi connectivity index (χ3n) is 3.10. The zero-order valence-electron chi connectivity index (χ0n) is 11.6. The van der Waals surface area contributed by atoms with Crippen LogP contribution in [-0.4, -0.2) is 22.8 Å². The summed E-state index contributed by atoms with van der Waals surface area (Å²) in [5.41, 5.74) is 0.628. The maximum Gasteiger partial charge on any atom is 0.282 e. The van der Waals surface area contributed by atoms with E-state index in [9.17, 15) is 14.9 Å². The number of halogens is 2. The quantitative estimate of drug-likeness (QED) is 0.584. The molecule has 0 spiro atoms. The van der Waals surface area contributed by atoms with E-state index in [1.807, 2.05) is 24.3 Å². The fourth-order valence-corrected chi connectivity index (χ4v) is 2.58. The Kier molecular flexibility index (Phi) is 5.15. The van der Waals surface area contributed by atoms with Crippen LogP contribution in [-0.2, 0) is 6.54 Å². The summed E-state index contributed by atoms with van der Waals surface area (Å²) in [7, 11) is 1.59. The minimum absolute atomic E-state index is 0.0212. The molecule has 0 heterocycles. The highest BCUT2D eigenvalue weighted by atomic mass is 79.9. The van der Waals surface area contributed by atoms with Gasteiger partial charge in [-0.15, -0.1) is 0 Å². The van der Waals surface area contributed by atoms with E-state index in [-0.39, 0.29) is 16.3 Å². The van der Waals surface area contributed by atoms with Crippen LogP contribution < -0.4 is 0 Å². The Morgan fingerprint density at radius 2 is 2.00 bits per heavy atom. The number of amides is 1. The van der Waals surface area contributed by atoms with Crippen molar-refractivity contribution in [3.63, 3.8) is 0 Å². The molecule has 0 saturated carbocycles. The summed E-state index contributed by atoms with van der Waals surface area (Å²) in [5.74, 6) is -0.454. The Bertz CT molecular complexity index is 736. The van der Waals surface area contributed by atoms with Crippen molar-refractivity contribution >= 4 is 39.1 Å². The zero-order valence-corrected chi connectivity index (χ0v) is 14.0. The molecule has 0 aliphatic rings. The predicted molar refractivity (Wildman–Crippen MR) is 88.0 cm³/mol. The number of hydrogen-bond donors (Lipinski definition) is 0. The van der Waals surface area contributed by atoms with E-state index in [2.05, 4.69) is 15.9 Å². The van der Waals surface area contributed by atoms with Crippen molar-refractivity contribution in [3.05, 3.63) is 73.2 Å². The number of nitro groups is 1. The van der Waals surface area contributed by atoms with Gasteiger partial charge >= 0.3 is 0 Å². The highest BCUT2D eigenvalue weighted by molar-refractivity contribution is 9.10. The topological polar surface area (TPSA) is 63.5 Å². The van der Waals surface area contributed by atoms with Crippen LogP contribution in [0, 0.1) is 10.1 Å². The van der Waals surface area contributed by atoms with Crippen LogP contribution in [0.3, 0.4) is 0 Å². The molecule has 2 aromatic carbocycles. The normalized spacial score (nSPS) is 10.3. The van der Waals surface area contributed by atoms with Gasteiger partial charge < -0.3 is 4.90 Å². The van der Waals surface area contributed by atoms with E-state index in [1.165, 1.54) is 23.1 Å². The molecule has 0 N–H and O–H groups in total. The van der Waals surface area contributed by atoms with Crippen molar-refractivity contribution < 1.29 is 9.72 Å². The van der Waals surface area contributed by atoms with Gasteiger partial charge in [0.05, 0.1) is 4.92 Å². The van der Waals surface area contributed by atoms with E-state index >= 15 is 0 Å². The summed E-state index contributed by atoms with van der Waals surface area (Å²) in [5, 5.41) is 11.3. The van der Waals surface area contributed by atoms with Crippen LogP contribution in [0.1, 0.15) is 15.9 Å². The van der Waals surface area contributed by atoms with Crippen molar-refractivity contribution in [2.45, 2.75) is 6.54 Å². The summed E-state index contributed by atoms with van der Waals surface area (Å²) in [4.78, 5) is 24.4. The molecule has 0 unspecified atom stereocenters. The Morgan fingerprint density at radius 3 is 2.64 bits per heavy atom. The van der Waals surface area contributed by atoms with Gasteiger partial charge in [0.2, 0.25) is 0 Å². The summed E-state index contributed by atoms with van der Waals surface area (Å²) >= 11 is 9.27. The number of carbonyl (C=O) groups excluding carboxylic acids is 1. The second-order valence-electron chi connectivity index (χ2n) is 4.67. The Labute approximate surface area is 140 Å². The van der Waals surface area contributed by atoms with E-state index in [0.29, 0.717) is 6.54 Å². The van der Waals surface area contributed by atoms with E-state index in [4.69, 9.17) is 11.6 Å². The second-order valence-corrected chi connectivity index (χ2v) is 5.96. The van der Waals surface area contributed by atoms with Crippen LogP contribution in [0.25, 0.3) is 0 Å². The molecule has 0 atom stereocenters. The lowest BCUT2D eigenvalue weighted by molar-refractivity contribution is -0.385. The van der Waals surface area contributed by atoms with Gasteiger partial charge in [0, 0.05) is 29.2 Å². The largest absolute Gasteiger partial charge is 0.337 e. The molecule has 0 aliphatic heterocycles. The minimum Gasteiger partial charge on any atom is -0.337 e. The van der Waals surface area contributed by atoms with Crippen LogP contribution in [0.2, 0.25) is 5.02 Å². The van der Waals surface area contributed by atoms with Crippen molar-refractivity contribution in [2.75, 3.05) is 7.05 Å². The molecule has 114 valence electrons. The maximum atomic E-state index is 12.5. The van der Waals surface area contributed by atoms with Gasteiger partial charge in [-0.25, -0.2) is 0 Å². The fraction of sp³-hybridized carbons (Fsp3) is 0.133. The number of nitrogens with zero attached hydrogens (tertiary/aromatic N) is 2. The van der Waals surface area contributed by atoms with Gasteiger partial charge in [-0.1, -0.05) is 45.7 Å². The minimum atomic E-state index is -0.587. The van der Waals surface area contributed by atoms with E-state index in [0.717, 1.165) is 10.0 Å². The summed E-state index contributed by atoms with van der Waals surface area (Å²) in [6.45, 7) is 0.323. The fourth-order valence-electron chi connectivity index (χ4n) is 2.00. The third-order valence-corrected chi connectivity index (χ3v) is 4.11. The Morgan fingerprint density at radius 1 is 1.32 bits per heavy atom. The lowest BCUT2D eigenvalue weighted by atomic mass is 10.1. The molecule has 7 heteroatoms. The third kappa shape index (κ3) is 3.64. The van der Waals surface area contributed by atoms with Gasteiger partial charge in [-0.05, 0) is 23.8 Å². The second kappa shape index (κ2) is 6.89. The van der Waals surface area contributed by atoms with Crippen molar-refractivity contribution in [1.82, 2.24) is 4.90 Å². The molecule has 0 fully saturated rings. The Hall–Kier alpha value is -1.92. The van der Waals surface area contributed by atoms with Crippen LogP contribution in [0.5, 0.6) is 0 Å². The first-order chi connectivity index (χ1) is 10.4. The average molecular weight is 384 g/mol. The first-order valence-corrected chi connectivity index (χ1v) is 7.50. The molecule has 2 rings (SSSR count). The standard InChI is InChI=1S/C15H12BrClN2O3/c1-18(9-10-4-2-3-5-13(10)16)15(20)12-8-11(17)6-7-14(12)19(21)22/h2-8H,9H2,1H3. The van der Waals surface area contributed by atoms with E-state index < -0.39 is 10.8 Å². The number of nitro benzene ring substituents is 1. The summed E-state index contributed by atoms with van der Waals surface area (Å²) in [6.07, 6.45) is 0. The molecule has 5 nitrogen and oxygen atoms in total. The maximum absolute atomic E-state index is 12.5. The first kappa shape index (κ1) is 16.5. The predicted octanol–water partition coefficient (Wildman–Crippen LogP) is 4.28. The number of rotatable bonds is 4. The van der Waals surface area contributed by atoms with E-state index in [1.54, 1.807) is 7.05 Å². The molecular formula is C15H12BrClN2O3. The molecular weight excluding hydrogens is 372 g/mol. The molecule has 0 aromatic heterocycles. The van der Waals surface area contributed by atoms with Gasteiger partial charge in [0.25, 0.3) is 11.6 Å². The van der Waals surface area contributed by atoms with Gasteiger partial charge in [-0.2, -0.15) is 0 Å². The highest BCUT2D eigenvalue weighted by Gasteiger charge is 2.23. The molecule has 0 radical (unpaired) electrons.